The van der Waals surface area contributed by atoms with Crippen molar-refractivity contribution in [2.45, 2.75) is 6.42 Å². The smallest absolute Gasteiger partial charge is 0.267 e. The van der Waals surface area contributed by atoms with Crippen LogP contribution >= 0.6 is 11.6 Å². The van der Waals surface area contributed by atoms with Crippen molar-refractivity contribution < 1.29 is 9.18 Å². The standard InChI is InChI=1S/C18H15ClFN3O/c19-15-5-7-16(8-6-15)23-18(24)14(11-21)12-22-10-9-13-3-1-2-4-17(13)20/h1-8,12,22H,9-10H2,(H,23,24)/b14-12-. The van der Waals surface area contributed by atoms with Gasteiger partial charge >= 0.3 is 0 Å². The van der Waals surface area contributed by atoms with Gasteiger partial charge in [-0.25, -0.2) is 4.39 Å². The van der Waals surface area contributed by atoms with Crippen LogP contribution in [0, 0.1) is 17.1 Å². The molecule has 2 N–H and O–H groups in total. The summed E-state index contributed by atoms with van der Waals surface area (Å²) < 4.78 is 13.5. The van der Waals surface area contributed by atoms with E-state index in [1.54, 1.807) is 42.5 Å². The minimum atomic E-state index is -0.529. The van der Waals surface area contributed by atoms with Crippen LogP contribution in [0.1, 0.15) is 5.56 Å². The van der Waals surface area contributed by atoms with Gasteiger partial charge in [0.25, 0.3) is 5.91 Å². The summed E-state index contributed by atoms with van der Waals surface area (Å²) in [5.41, 5.74) is 1.04. The van der Waals surface area contributed by atoms with Gasteiger partial charge in [0.1, 0.15) is 17.5 Å². The van der Waals surface area contributed by atoms with Crippen molar-refractivity contribution in [3.63, 3.8) is 0 Å². The molecule has 2 rings (SSSR count). The van der Waals surface area contributed by atoms with E-state index < -0.39 is 5.91 Å². The van der Waals surface area contributed by atoms with Crippen LogP contribution in [0.3, 0.4) is 0 Å². The number of carbonyl (C=O) groups is 1. The molecule has 6 heteroatoms. The molecular weight excluding hydrogens is 329 g/mol. The number of nitrogens with one attached hydrogen (secondary N) is 2. The first kappa shape index (κ1) is 17.5. The fourth-order valence-electron chi connectivity index (χ4n) is 1.96. The SMILES string of the molecule is N#C/C(=C/NCCc1ccccc1F)C(=O)Nc1ccc(Cl)cc1. The lowest BCUT2D eigenvalue weighted by molar-refractivity contribution is -0.112. The lowest BCUT2D eigenvalue weighted by Crippen LogP contribution is -2.18. The summed E-state index contributed by atoms with van der Waals surface area (Å²) >= 11 is 5.77. The van der Waals surface area contributed by atoms with Crippen molar-refractivity contribution in [2.24, 2.45) is 0 Å². The van der Waals surface area contributed by atoms with E-state index in [4.69, 9.17) is 16.9 Å². The molecule has 0 saturated carbocycles. The Hall–Kier alpha value is -2.84. The summed E-state index contributed by atoms with van der Waals surface area (Å²) in [5, 5.41) is 15.1. The van der Waals surface area contributed by atoms with E-state index in [1.807, 2.05) is 6.07 Å². The maximum absolute atomic E-state index is 13.5. The number of nitrogens with zero attached hydrogens (tertiary/aromatic N) is 1. The van der Waals surface area contributed by atoms with E-state index in [0.29, 0.717) is 29.2 Å². The highest BCUT2D eigenvalue weighted by Crippen LogP contribution is 2.14. The molecule has 0 atom stereocenters. The van der Waals surface area contributed by atoms with Crippen LogP contribution in [0.5, 0.6) is 0 Å². The molecule has 0 spiro atoms. The third kappa shape index (κ3) is 5.11. The summed E-state index contributed by atoms with van der Waals surface area (Å²) in [6.45, 7) is 0.403. The zero-order valence-electron chi connectivity index (χ0n) is 12.7. The highest BCUT2D eigenvalue weighted by Gasteiger charge is 2.09. The molecule has 0 aliphatic carbocycles. The number of anilines is 1. The van der Waals surface area contributed by atoms with Crippen LogP contribution in [-0.4, -0.2) is 12.5 Å². The molecule has 0 aromatic heterocycles. The number of amides is 1. The number of rotatable bonds is 6. The summed E-state index contributed by atoms with van der Waals surface area (Å²) in [6, 6.07) is 14.9. The van der Waals surface area contributed by atoms with Gasteiger partial charge in [-0.2, -0.15) is 5.26 Å². The number of carbonyl (C=O) groups excluding carboxylic acids is 1. The van der Waals surface area contributed by atoms with Crippen LogP contribution in [0.2, 0.25) is 5.02 Å². The van der Waals surface area contributed by atoms with Gasteiger partial charge in [0.05, 0.1) is 0 Å². The van der Waals surface area contributed by atoms with Gasteiger partial charge in [-0.1, -0.05) is 29.8 Å². The zero-order chi connectivity index (χ0) is 17.4. The average molecular weight is 344 g/mol. The van der Waals surface area contributed by atoms with Gasteiger partial charge in [-0.05, 0) is 42.3 Å². The van der Waals surface area contributed by atoms with Crippen LogP contribution in [0.25, 0.3) is 0 Å². The largest absolute Gasteiger partial charge is 0.389 e. The Kier molecular flexibility index (Phi) is 6.35. The molecule has 122 valence electrons. The fourth-order valence-corrected chi connectivity index (χ4v) is 2.09. The molecule has 0 aliphatic rings. The Labute approximate surface area is 144 Å². The van der Waals surface area contributed by atoms with Crippen LogP contribution in [0.4, 0.5) is 10.1 Å². The molecule has 0 aliphatic heterocycles. The molecular formula is C18H15ClFN3O. The Balaban J connectivity index is 1.89. The second-order valence-corrected chi connectivity index (χ2v) is 5.36. The van der Waals surface area contributed by atoms with Crippen molar-refractivity contribution in [1.29, 1.82) is 5.26 Å². The number of benzene rings is 2. The van der Waals surface area contributed by atoms with E-state index in [2.05, 4.69) is 10.6 Å². The maximum atomic E-state index is 13.5. The van der Waals surface area contributed by atoms with Crippen LogP contribution in [-0.2, 0) is 11.2 Å². The second kappa shape index (κ2) is 8.70. The molecule has 0 radical (unpaired) electrons. The Morgan fingerprint density at radius 3 is 2.58 bits per heavy atom. The quantitative estimate of drug-likeness (QED) is 0.478. The predicted molar refractivity (Wildman–Crippen MR) is 91.9 cm³/mol. The first-order valence-electron chi connectivity index (χ1n) is 7.24. The van der Waals surface area contributed by atoms with Crippen LogP contribution < -0.4 is 10.6 Å². The van der Waals surface area contributed by atoms with Crippen molar-refractivity contribution in [3.8, 4) is 6.07 Å². The predicted octanol–water partition coefficient (Wildman–Crippen LogP) is 3.66. The van der Waals surface area contributed by atoms with E-state index in [1.165, 1.54) is 12.3 Å². The monoisotopic (exact) mass is 343 g/mol. The molecule has 0 unspecified atom stereocenters. The Bertz CT molecular complexity index is 782. The molecule has 24 heavy (non-hydrogen) atoms. The molecule has 0 bridgehead atoms. The van der Waals surface area contributed by atoms with Gasteiger partial charge in [0.2, 0.25) is 0 Å². The third-order valence-corrected chi connectivity index (χ3v) is 3.46. The van der Waals surface area contributed by atoms with Gasteiger partial charge in [-0.15, -0.1) is 0 Å². The minimum absolute atomic E-state index is 0.0708. The molecule has 4 nitrogen and oxygen atoms in total. The molecule has 0 fully saturated rings. The Morgan fingerprint density at radius 1 is 1.21 bits per heavy atom. The van der Waals surface area contributed by atoms with Crippen molar-refractivity contribution in [1.82, 2.24) is 5.32 Å². The number of hydrogen-bond acceptors (Lipinski definition) is 3. The number of nitriles is 1. The Morgan fingerprint density at radius 2 is 1.92 bits per heavy atom. The molecule has 0 saturated heterocycles. The molecule has 1 amide bonds. The lowest BCUT2D eigenvalue weighted by Gasteiger charge is -2.06. The summed E-state index contributed by atoms with van der Waals surface area (Å²) in [6.07, 6.45) is 1.77. The van der Waals surface area contributed by atoms with E-state index in [0.717, 1.165) is 0 Å². The van der Waals surface area contributed by atoms with Gasteiger partial charge in [0, 0.05) is 23.5 Å². The summed E-state index contributed by atoms with van der Waals surface area (Å²) in [4.78, 5) is 12.0. The number of hydrogen-bond donors (Lipinski definition) is 2. The average Bonchev–Trinajstić information content (AvgIpc) is 2.58. The molecule has 2 aromatic rings. The van der Waals surface area contributed by atoms with Gasteiger partial charge in [0.15, 0.2) is 0 Å². The van der Waals surface area contributed by atoms with Crippen molar-refractivity contribution in [3.05, 3.63) is 76.7 Å². The zero-order valence-corrected chi connectivity index (χ0v) is 13.5. The summed E-state index contributed by atoms with van der Waals surface area (Å²) in [5.74, 6) is -0.803. The van der Waals surface area contributed by atoms with Gasteiger partial charge < -0.3 is 10.6 Å². The second-order valence-electron chi connectivity index (χ2n) is 4.93. The third-order valence-electron chi connectivity index (χ3n) is 3.21. The van der Waals surface area contributed by atoms with E-state index >= 15 is 0 Å². The molecule has 2 aromatic carbocycles. The lowest BCUT2D eigenvalue weighted by atomic mass is 10.1. The van der Waals surface area contributed by atoms with E-state index in [-0.39, 0.29) is 11.4 Å². The maximum Gasteiger partial charge on any atom is 0.267 e. The fraction of sp³-hybridized carbons (Fsp3) is 0.111. The first-order chi connectivity index (χ1) is 11.6. The van der Waals surface area contributed by atoms with Crippen LogP contribution in [0.15, 0.2) is 60.3 Å². The normalized spacial score (nSPS) is 10.8. The number of halogens is 2. The summed E-state index contributed by atoms with van der Waals surface area (Å²) in [7, 11) is 0. The topological polar surface area (TPSA) is 64.9 Å². The van der Waals surface area contributed by atoms with Crippen molar-refractivity contribution in [2.75, 3.05) is 11.9 Å². The van der Waals surface area contributed by atoms with Crippen molar-refractivity contribution >= 4 is 23.2 Å². The highest BCUT2D eigenvalue weighted by molar-refractivity contribution is 6.30. The molecule has 0 heterocycles. The minimum Gasteiger partial charge on any atom is -0.389 e. The first-order valence-corrected chi connectivity index (χ1v) is 7.62. The van der Waals surface area contributed by atoms with E-state index in [9.17, 15) is 9.18 Å². The van der Waals surface area contributed by atoms with Gasteiger partial charge in [-0.3, -0.25) is 4.79 Å². The highest BCUT2D eigenvalue weighted by atomic mass is 35.5.